The molecule has 4 rings (SSSR count). The molecule has 0 saturated heterocycles. The molecule has 2 aromatic rings. The number of aryl methyl sites for hydroxylation is 2. The highest BCUT2D eigenvalue weighted by Gasteiger charge is 2.58. The van der Waals surface area contributed by atoms with E-state index in [0.717, 1.165) is 27.4 Å². The zero-order valence-corrected chi connectivity index (χ0v) is 17.9. The predicted molar refractivity (Wildman–Crippen MR) is 119 cm³/mol. The number of amidine groups is 1. The summed E-state index contributed by atoms with van der Waals surface area (Å²) < 4.78 is 8.80. The summed E-state index contributed by atoms with van der Waals surface area (Å²) in [5, 5.41) is 3.23. The van der Waals surface area contributed by atoms with Gasteiger partial charge in [-0.1, -0.05) is 30.3 Å². The Morgan fingerprint density at radius 1 is 1.03 bits per heavy atom. The minimum Gasteiger partial charge on any atom is -0.338 e. The van der Waals surface area contributed by atoms with Crippen molar-refractivity contribution >= 4 is 29.1 Å². The average molecular weight is 407 g/mol. The summed E-state index contributed by atoms with van der Waals surface area (Å²) in [7, 11) is 3.24. The summed E-state index contributed by atoms with van der Waals surface area (Å²) in [6, 6.07) is 12.8. The van der Waals surface area contributed by atoms with Gasteiger partial charge in [-0.15, -0.1) is 0 Å². The maximum absolute atomic E-state index is 13.7. The Morgan fingerprint density at radius 2 is 1.67 bits per heavy atom. The number of hydrogen-bond donors (Lipinski definition) is 1. The molecule has 1 N–H and O–H groups in total. The molecule has 2 atom stereocenters. The average Bonchev–Trinajstić information content (AvgIpc) is 2.76. The number of anilines is 2. The number of carbonyl (C=O) groups is 2. The molecule has 0 radical (unpaired) electrons. The second kappa shape index (κ2) is 7.25. The van der Waals surface area contributed by atoms with E-state index in [1.165, 1.54) is 7.05 Å². The number of carbonyl (C=O) groups excluding carboxylic acids is 2. The van der Waals surface area contributed by atoms with Crippen LogP contribution in [-0.2, 0) is 11.3 Å². The lowest BCUT2D eigenvalue weighted by Gasteiger charge is -2.53. The molecule has 0 bridgehead atoms. The summed E-state index contributed by atoms with van der Waals surface area (Å²) in [5.41, 5.74) is 3.16. The van der Waals surface area contributed by atoms with Gasteiger partial charge in [-0.3, -0.25) is 15.0 Å². The number of rotatable bonds is 4. The highest BCUT2D eigenvalue weighted by atomic mass is 16.2. The Hall–Kier alpha value is -3.19. The number of hydrogen-bond acceptors (Lipinski definition) is 5. The van der Waals surface area contributed by atoms with Crippen LogP contribution in [0.5, 0.6) is 0 Å². The van der Waals surface area contributed by atoms with E-state index in [2.05, 4.69) is 16.4 Å². The van der Waals surface area contributed by atoms with Gasteiger partial charge >= 0.3 is 6.03 Å². The molecule has 0 spiro atoms. The number of imide groups is 1. The molecule has 156 valence electrons. The van der Waals surface area contributed by atoms with Crippen molar-refractivity contribution < 1.29 is 11.0 Å². The predicted octanol–water partition coefficient (Wildman–Crippen LogP) is 3.06. The van der Waals surface area contributed by atoms with E-state index in [1.54, 1.807) is 4.90 Å². The molecule has 2 heterocycles. The number of nitrogens with zero attached hydrogens (tertiary/aromatic N) is 4. The maximum Gasteiger partial charge on any atom is 0.351 e. The van der Waals surface area contributed by atoms with Crippen LogP contribution >= 0.6 is 0 Å². The second-order valence-electron chi connectivity index (χ2n) is 7.72. The van der Waals surface area contributed by atoms with Gasteiger partial charge in [0.05, 0.1) is 11.4 Å². The molecule has 7 nitrogen and oxygen atoms in total. The van der Waals surface area contributed by atoms with Gasteiger partial charge in [0.1, 0.15) is 0 Å². The molecule has 0 fully saturated rings. The fraction of sp³-hybridized carbons (Fsp3) is 0.348. The molecule has 3 amide bonds. The van der Waals surface area contributed by atoms with Crippen molar-refractivity contribution in [3.8, 4) is 0 Å². The van der Waals surface area contributed by atoms with Crippen LogP contribution in [0.2, 0.25) is 0 Å². The van der Waals surface area contributed by atoms with E-state index in [0.29, 0.717) is 12.1 Å². The van der Waals surface area contributed by atoms with E-state index in [4.69, 9.17) is 1.37 Å². The minimum absolute atomic E-state index is 0.284. The Morgan fingerprint density at radius 3 is 2.30 bits per heavy atom. The Kier molecular flexibility index (Phi) is 4.55. The molecule has 0 aliphatic carbocycles. The number of likely N-dealkylation sites (N-methyl/N-ethyl adjacent to an activating group) is 3. The van der Waals surface area contributed by atoms with Crippen molar-refractivity contribution in [2.45, 2.75) is 33.0 Å². The number of amides is 3. The van der Waals surface area contributed by atoms with E-state index < -0.39 is 24.1 Å². The molecule has 0 aromatic heterocycles. The summed E-state index contributed by atoms with van der Waals surface area (Å²) in [6.45, 7) is 5.58. The SMILES string of the molecule is [2H]C(NC12C(=O)N(C)C(=O)N=C1N(C)c1cc(C)c(C)cc1N2CC)c1ccccc1. The van der Waals surface area contributed by atoms with Gasteiger partial charge in [0.2, 0.25) is 5.66 Å². The van der Waals surface area contributed by atoms with Crippen LogP contribution in [0.1, 0.15) is 25.0 Å². The number of benzene rings is 2. The smallest absolute Gasteiger partial charge is 0.338 e. The molecule has 2 aliphatic rings. The van der Waals surface area contributed by atoms with Gasteiger partial charge < -0.3 is 9.80 Å². The molecule has 2 aliphatic heterocycles. The topological polar surface area (TPSA) is 68.2 Å². The highest BCUT2D eigenvalue weighted by Crippen LogP contribution is 2.43. The number of aliphatic imine (C=N–C) groups is 1. The van der Waals surface area contributed by atoms with Crippen molar-refractivity contribution in [2.75, 3.05) is 30.4 Å². The normalized spacial score (nSPS) is 22.4. The number of nitrogens with one attached hydrogen (secondary N) is 1. The minimum atomic E-state index is -1.48. The van der Waals surface area contributed by atoms with Crippen molar-refractivity contribution in [3.05, 3.63) is 59.2 Å². The first-order valence-corrected chi connectivity index (χ1v) is 10.0. The van der Waals surface area contributed by atoms with Crippen LogP contribution in [0, 0.1) is 13.8 Å². The molecule has 2 unspecified atom stereocenters. The third-order valence-electron chi connectivity index (χ3n) is 5.96. The Bertz CT molecular complexity index is 1090. The molecular weight excluding hydrogens is 378 g/mol. The standard InChI is InChI=1S/C23H27N5O2/c1-6-28-19-13-16(3)15(2)12-18(19)26(4)20-23(28,21(29)27(5)22(30)25-20)24-14-17-10-8-7-9-11-17/h7-13,24H,6,14H2,1-5H3/i14D. The lowest BCUT2D eigenvalue weighted by atomic mass is 9.93. The summed E-state index contributed by atoms with van der Waals surface area (Å²) in [5.74, 6) is -0.167. The maximum atomic E-state index is 13.7. The fourth-order valence-electron chi connectivity index (χ4n) is 4.14. The van der Waals surface area contributed by atoms with Gasteiger partial charge in [0.25, 0.3) is 5.91 Å². The van der Waals surface area contributed by atoms with E-state index >= 15 is 0 Å². The summed E-state index contributed by atoms with van der Waals surface area (Å²) >= 11 is 0. The summed E-state index contributed by atoms with van der Waals surface area (Å²) in [4.78, 5) is 35.3. The van der Waals surface area contributed by atoms with Crippen LogP contribution in [-0.4, -0.2) is 49.0 Å². The van der Waals surface area contributed by atoms with Gasteiger partial charge in [-0.2, -0.15) is 4.99 Å². The molecule has 7 heteroatoms. The van der Waals surface area contributed by atoms with Crippen molar-refractivity contribution in [2.24, 2.45) is 4.99 Å². The first-order valence-electron chi connectivity index (χ1n) is 10.6. The van der Waals surface area contributed by atoms with Crippen molar-refractivity contribution in [3.63, 3.8) is 0 Å². The van der Waals surface area contributed by atoms with Crippen molar-refractivity contribution in [1.29, 1.82) is 0 Å². The zero-order valence-electron chi connectivity index (χ0n) is 18.9. The lowest BCUT2D eigenvalue weighted by molar-refractivity contribution is -0.132. The van der Waals surface area contributed by atoms with Crippen LogP contribution in [0.4, 0.5) is 16.2 Å². The van der Waals surface area contributed by atoms with E-state index in [1.807, 2.05) is 69.1 Å². The first kappa shape index (κ1) is 18.8. The van der Waals surface area contributed by atoms with Crippen LogP contribution < -0.4 is 15.1 Å². The van der Waals surface area contributed by atoms with Gasteiger partial charge in [-0.05, 0) is 49.6 Å². The molecular formula is C23H27N5O2. The van der Waals surface area contributed by atoms with E-state index in [9.17, 15) is 9.59 Å². The van der Waals surface area contributed by atoms with Gasteiger partial charge in [0.15, 0.2) is 5.84 Å². The van der Waals surface area contributed by atoms with Crippen LogP contribution in [0.15, 0.2) is 47.5 Å². The third-order valence-corrected chi connectivity index (χ3v) is 5.96. The van der Waals surface area contributed by atoms with Gasteiger partial charge in [0, 0.05) is 28.5 Å². The van der Waals surface area contributed by atoms with E-state index in [-0.39, 0.29) is 5.84 Å². The first-order chi connectivity index (χ1) is 14.7. The number of fused-ring (bicyclic) bond motifs is 2. The molecule has 2 aromatic carbocycles. The number of urea groups is 1. The largest absolute Gasteiger partial charge is 0.351 e. The highest BCUT2D eigenvalue weighted by molar-refractivity contribution is 6.30. The summed E-state index contributed by atoms with van der Waals surface area (Å²) in [6.07, 6.45) is 0. The Labute approximate surface area is 178 Å². The Balaban J connectivity index is 1.96. The van der Waals surface area contributed by atoms with Gasteiger partial charge in [-0.25, -0.2) is 4.79 Å². The fourth-order valence-corrected chi connectivity index (χ4v) is 4.14. The van der Waals surface area contributed by atoms with Crippen LogP contribution in [0.3, 0.4) is 0 Å². The van der Waals surface area contributed by atoms with Crippen molar-refractivity contribution in [1.82, 2.24) is 10.2 Å². The molecule has 30 heavy (non-hydrogen) atoms. The monoisotopic (exact) mass is 406 g/mol. The lowest BCUT2D eigenvalue weighted by Crippen LogP contribution is -2.78. The third kappa shape index (κ3) is 2.81. The second-order valence-corrected chi connectivity index (χ2v) is 7.72. The van der Waals surface area contributed by atoms with Crippen LogP contribution in [0.25, 0.3) is 0 Å². The molecule has 0 saturated carbocycles. The quantitative estimate of drug-likeness (QED) is 0.845. The zero-order chi connectivity index (χ0) is 22.5.